The Morgan fingerprint density at radius 3 is 2.88 bits per heavy atom. The predicted octanol–water partition coefficient (Wildman–Crippen LogP) is 0.424. The highest BCUT2D eigenvalue weighted by Gasteiger charge is 2.02. The summed E-state index contributed by atoms with van der Waals surface area (Å²) >= 11 is 0. The van der Waals surface area contributed by atoms with Crippen molar-refractivity contribution in [1.82, 2.24) is 20.2 Å². The van der Waals surface area contributed by atoms with E-state index in [1.54, 1.807) is 6.33 Å². The minimum Gasteiger partial charge on any atom is -0.354 e. The number of carbonyl (C=O) groups excluding carboxylic acids is 1. The van der Waals surface area contributed by atoms with Gasteiger partial charge >= 0.3 is 0 Å². The standard InChI is InChI=1S/C11H20N4O/c1-9(2)14-11(16)4-5-12-6-10-7-13-8-15(10)3/h7-9,12H,4-6H2,1-3H3,(H,14,16). The van der Waals surface area contributed by atoms with Crippen LogP contribution in [0, 0.1) is 0 Å². The quantitative estimate of drug-likeness (QED) is 0.689. The van der Waals surface area contributed by atoms with Crippen molar-refractivity contribution in [2.45, 2.75) is 32.9 Å². The van der Waals surface area contributed by atoms with Crippen LogP contribution in [0.15, 0.2) is 12.5 Å². The highest BCUT2D eigenvalue weighted by Crippen LogP contribution is 1.94. The largest absolute Gasteiger partial charge is 0.354 e. The van der Waals surface area contributed by atoms with Gasteiger partial charge in [0.1, 0.15) is 0 Å². The molecule has 16 heavy (non-hydrogen) atoms. The van der Waals surface area contributed by atoms with Crippen molar-refractivity contribution in [2.24, 2.45) is 7.05 Å². The molecule has 0 saturated carbocycles. The number of aromatic nitrogens is 2. The van der Waals surface area contributed by atoms with Crippen molar-refractivity contribution in [1.29, 1.82) is 0 Å². The molecule has 1 rings (SSSR count). The van der Waals surface area contributed by atoms with E-state index >= 15 is 0 Å². The number of hydrogen-bond acceptors (Lipinski definition) is 3. The number of nitrogens with one attached hydrogen (secondary N) is 2. The predicted molar refractivity (Wildman–Crippen MR) is 62.8 cm³/mol. The van der Waals surface area contributed by atoms with Crippen LogP contribution in [-0.4, -0.2) is 28.0 Å². The van der Waals surface area contributed by atoms with E-state index in [0.717, 1.165) is 12.2 Å². The maximum atomic E-state index is 11.3. The monoisotopic (exact) mass is 224 g/mol. The first kappa shape index (κ1) is 12.7. The Labute approximate surface area is 96.3 Å². The maximum Gasteiger partial charge on any atom is 0.221 e. The molecule has 5 nitrogen and oxygen atoms in total. The summed E-state index contributed by atoms with van der Waals surface area (Å²) in [6.07, 6.45) is 4.10. The van der Waals surface area contributed by atoms with Crippen molar-refractivity contribution in [3.63, 3.8) is 0 Å². The summed E-state index contributed by atoms with van der Waals surface area (Å²) in [6.45, 7) is 5.34. The lowest BCUT2D eigenvalue weighted by atomic mass is 10.3. The van der Waals surface area contributed by atoms with Gasteiger partial charge in [-0.2, -0.15) is 0 Å². The van der Waals surface area contributed by atoms with E-state index in [0.29, 0.717) is 13.0 Å². The zero-order valence-electron chi connectivity index (χ0n) is 10.2. The average Bonchev–Trinajstić information content (AvgIpc) is 2.58. The third-order valence-electron chi connectivity index (χ3n) is 2.20. The molecular formula is C11H20N4O. The van der Waals surface area contributed by atoms with Gasteiger partial charge < -0.3 is 15.2 Å². The third-order valence-corrected chi connectivity index (χ3v) is 2.20. The Morgan fingerprint density at radius 2 is 2.31 bits per heavy atom. The van der Waals surface area contributed by atoms with Gasteiger partial charge in [-0.25, -0.2) is 4.98 Å². The van der Waals surface area contributed by atoms with Crippen molar-refractivity contribution in [3.8, 4) is 0 Å². The van der Waals surface area contributed by atoms with Crippen LogP contribution >= 0.6 is 0 Å². The lowest BCUT2D eigenvalue weighted by Crippen LogP contribution is -2.32. The SMILES string of the molecule is CC(C)NC(=O)CCNCc1cncn1C. The minimum absolute atomic E-state index is 0.0903. The first-order valence-electron chi connectivity index (χ1n) is 5.55. The summed E-state index contributed by atoms with van der Waals surface area (Å²) < 4.78 is 1.96. The molecule has 0 aliphatic heterocycles. The second kappa shape index (κ2) is 6.27. The molecule has 2 N–H and O–H groups in total. The van der Waals surface area contributed by atoms with Gasteiger partial charge in [0.05, 0.1) is 12.0 Å². The van der Waals surface area contributed by atoms with E-state index in [4.69, 9.17) is 0 Å². The Morgan fingerprint density at radius 1 is 1.56 bits per heavy atom. The zero-order valence-corrected chi connectivity index (χ0v) is 10.2. The summed E-state index contributed by atoms with van der Waals surface area (Å²) in [5, 5.41) is 6.06. The molecular weight excluding hydrogens is 204 g/mol. The molecule has 90 valence electrons. The smallest absolute Gasteiger partial charge is 0.221 e. The molecule has 0 aliphatic carbocycles. The number of carbonyl (C=O) groups is 1. The maximum absolute atomic E-state index is 11.3. The molecule has 0 fully saturated rings. The summed E-state index contributed by atoms with van der Waals surface area (Å²) in [5.41, 5.74) is 1.12. The van der Waals surface area contributed by atoms with Gasteiger partial charge in [0.2, 0.25) is 5.91 Å². The van der Waals surface area contributed by atoms with Crippen LogP contribution in [0.1, 0.15) is 26.0 Å². The summed E-state index contributed by atoms with van der Waals surface area (Å²) in [4.78, 5) is 15.3. The zero-order chi connectivity index (χ0) is 12.0. The van der Waals surface area contributed by atoms with Gasteiger partial charge in [-0.3, -0.25) is 4.79 Å². The molecule has 0 unspecified atom stereocenters. The van der Waals surface area contributed by atoms with Crippen LogP contribution in [0.4, 0.5) is 0 Å². The molecule has 0 aliphatic rings. The Kier molecular flexibility index (Phi) is 4.98. The molecule has 0 radical (unpaired) electrons. The Bertz CT molecular complexity index is 332. The van der Waals surface area contributed by atoms with E-state index in [1.807, 2.05) is 31.7 Å². The fraction of sp³-hybridized carbons (Fsp3) is 0.636. The molecule has 1 aromatic rings. The topological polar surface area (TPSA) is 59.0 Å². The van der Waals surface area contributed by atoms with E-state index < -0.39 is 0 Å². The van der Waals surface area contributed by atoms with E-state index in [1.165, 1.54) is 0 Å². The van der Waals surface area contributed by atoms with Gasteiger partial charge in [-0.15, -0.1) is 0 Å². The van der Waals surface area contributed by atoms with E-state index in [2.05, 4.69) is 15.6 Å². The van der Waals surface area contributed by atoms with Gasteiger partial charge in [-0.1, -0.05) is 0 Å². The van der Waals surface area contributed by atoms with E-state index in [-0.39, 0.29) is 11.9 Å². The lowest BCUT2D eigenvalue weighted by molar-refractivity contribution is -0.121. The van der Waals surface area contributed by atoms with Crippen LogP contribution in [0.2, 0.25) is 0 Å². The first-order valence-corrected chi connectivity index (χ1v) is 5.55. The lowest BCUT2D eigenvalue weighted by Gasteiger charge is -2.08. The van der Waals surface area contributed by atoms with Crippen LogP contribution in [-0.2, 0) is 18.4 Å². The molecule has 5 heteroatoms. The van der Waals surface area contributed by atoms with Crippen molar-refractivity contribution < 1.29 is 4.79 Å². The molecule has 0 aromatic carbocycles. The van der Waals surface area contributed by atoms with Crippen LogP contribution in [0.5, 0.6) is 0 Å². The number of hydrogen-bond donors (Lipinski definition) is 2. The van der Waals surface area contributed by atoms with Crippen LogP contribution in [0.3, 0.4) is 0 Å². The molecule has 1 aromatic heterocycles. The van der Waals surface area contributed by atoms with Crippen molar-refractivity contribution in [2.75, 3.05) is 6.54 Å². The average molecular weight is 224 g/mol. The number of nitrogens with zero attached hydrogens (tertiary/aromatic N) is 2. The van der Waals surface area contributed by atoms with Gasteiger partial charge in [0, 0.05) is 38.8 Å². The molecule has 1 heterocycles. The fourth-order valence-electron chi connectivity index (χ4n) is 1.37. The second-order valence-electron chi connectivity index (χ2n) is 4.14. The summed E-state index contributed by atoms with van der Waals surface area (Å²) in [7, 11) is 1.95. The second-order valence-corrected chi connectivity index (χ2v) is 4.14. The van der Waals surface area contributed by atoms with Gasteiger partial charge in [-0.05, 0) is 13.8 Å². The van der Waals surface area contributed by atoms with Crippen molar-refractivity contribution in [3.05, 3.63) is 18.2 Å². The normalized spacial score (nSPS) is 10.8. The molecule has 0 bridgehead atoms. The molecule has 0 saturated heterocycles. The number of rotatable bonds is 6. The Hall–Kier alpha value is -1.36. The molecule has 0 atom stereocenters. The van der Waals surface area contributed by atoms with Crippen LogP contribution in [0.25, 0.3) is 0 Å². The van der Waals surface area contributed by atoms with Gasteiger partial charge in [0.25, 0.3) is 0 Å². The minimum atomic E-state index is 0.0903. The van der Waals surface area contributed by atoms with Crippen LogP contribution < -0.4 is 10.6 Å². The van der Waals surface area contributed by atoms with Gasteiger partial charge in [0.15, 0.2) is 0 Å². The number of imidazole rings is 1. The highest BCUT2D eigenvalue weighted by atomic mass is 16.1. The highest BCUT2D eigenvalue weighted by molar-refractivity contribution is 5.76. The Balaban J connectivity index is 2.13. The van der Waals surface area contributed by atoms with E-state index in [9.17, 15) is 4.79 Å². The fourth-order valence-corrected chi connectivity index (χ4v) is 1.37. The first-order chi connectivity index (χ1) is 7.59. The van der Waals surface area contributed by atoms with Crippen molar-refractivity contribution >= 4 is 5.91 Å². The summed E-state index contributed by atoms with van der Waals surface area (Å²) in [5.74, 6) is 0.0903. The summed E-state index contributed by atoms with van der Waals surface area (Å²) in [6, 6.07) is 0.213. The number of amides is 1. The third kappa shape index (κ3) is 4.44. The number of aryl methyl sites for hydroxylation is 1. The molecule has 0 spiro atoms. The molecule has 1 amide bonds.